The van der Waals surface area contributed by atoms with E-state index < -0.39 is 70.8 Å². The molecule has 6 N–H and O–H groups in total. The van der Waals surface area contributed by atoms with E-state index in [9.17, 15) is 38.4 Å². The number of ether oxygens (including phenoxy) is 2. The number of unbranched alkanes of at least 4 members (excludes halogenated alkanes) is 2. The smallest absolute Gasteiger partial charge is 0.306 e. The van der Waals surface area contributed by atoms with Gasteiger partial charge < -0.3 is 51.2 Å². The van der Waals surface area contributed by atoms with E-state index in [-0.39, 0.29) is 101 Å². The number of fused-ring (bicyclic) bond motifs is 5. The van der Waals surface area contributed by atoms with E-state index in [0.717, 1.165) is 59.4 Å². The lowest BCUT2D eigenvalue weighted by Gasteiger charge is -2.42. The summed E-state index contributed by atoms with van der Waals surface area (Å²) in [6, 6.07) is 46.7. The van der Waals surface area contributed by atoms with Gasteiger partial charge in [-0.2, -0.15) is 4.58 Å². The van der Waals surface area contributed by atoms with Crippen molar-refractivity contribution < 1.29 is 57.2 Å². The summed E-state index contributed by atoms with van der Waals surface area (Å²) < 4.78 is 12.7. The van der Waals surface area contributed by atoms with E-state index in [1.165, 1.54) is 33.9 Å². The molecule has 0 aliphatic carbocycles. The van der Waals surface area contributed by atoms with Crippen molar-refractivity contribution in [2.45, 2.75) is 154 Å². The Labute approximate surface area is 635 Å². The summed E-state index contributed by atoms with van der Waals surface area (Å²) in [6.07, 6.45) is 16.7. The fraction of sp³-hybridized carbons (Fsp3) is 0.386. The topological polar surface area (TPSA) is 254 Å². The number of hydrogen-bond acceptors (Lipinski definition) is 12. The molecule has 10 rings (SSSR count). The summed E-state index contributed by atoms with van der Waals surface area (Å²) in [5.74, 6) is -4.47. The predicted molar refractivity (Wildman–Crippen MR) is 420 cm³/mol. The number of piperidine rings is 1. The van der Waals surface area contributed by atoms with E-state index in [4.69, 9.17) is 9.47 Å². The number of nitrogens with zero attached hydrogens (tertiary/aromatic N) is 3. The zero-order valence-corrected chi connectivity index (χ0v) is 63.4. The molecule has 7 amide bonds. The fourth-order valence-corrected chi connectivity index (χ4v) is 15.3. The molecule has 4 aliphatic heterocycles. The first kappa shape index (κ1) is 79.5. The molecule has 3 atom stereocenters. The summed E-state index contributed by atoms with van der Waals surface area (Å²) in [5, 5.41) is 17.6. The molecule has 0 aromatic heterocycles. The lowest BCUT2D eigenvalue weighted by atomic mass is 9.74. The van der Waals surface area contributed by atoms with Gasteiger partial charge >= 0.3 is 11.9 Å². The highest BCUT2D eigenvalue weighted by atomic mass is 16.5. The second-order valence-electron chi connectivity index (χ2n) is 29.4. The molecule has 0 saturated carbocycles. The number of allylic oxidation sites excluding steroid dienone is 6. The number of esters is 2. The number of carbonyl (C=O) groups excluding carboxylic acids is 9. The number of rotatable bonds is 25. The number of benzene rings is 6. The summed E-state index contributed by atoms with van der Waals surface area (Å²) in [5.41, 5.74) is 11.2. The van der Waals surface area contributed by atoms with Crippen molar-refractivity contribution in [3.63, 3.8) is 0 Å². The minimum Gasteiger partial charge on any atom is -0.466 e. The van der Waals surface area contributed by atoms with Gasteiger partial charge in [0.1, 0.15) is 19.1 Å². The van der Waals surface area contributed by atoms with Crippen LogP contribution in [0.15, 0.2) is 200 Å². The first-order valence-corrected chi connectivity index (χ1v) is 38.0. The molecular formula is C88H104N9O11+. The summed E-state index contributed by atoms with van der Waals surface area (Å²) in [6.45, 7) is 14.2. The normalized spacial score (nSPS) is 19.6. The van der Waals surface area contributed by atoms with Crippen LogP contribution in [0, 0.1) is 5.41 Å². The molecule has 0 spiro atoms. The van der Waals surface area contributed by atoms with E-state index in [0.29, 0.717) is 43.4 Å². The van der Waals surface area contributed by atoms with Crippen molar-refractivity contribution in [2.75, 3.05) is 64.4 Å². The zero-order chi connectivity index (χ0) is 76.8. The highest BCUT2D eigenvalue weighted by Gasteiger charge is 2.46. The number of nitrogens with one attached hydrogen (secondary N) is 6. The average molecular weight is 1460 g/mol. The van der Waals surface area contributed by atoms with Gasteiger partial charge in [0, 0.05) is 111 Å². The van der Waals surface area contributed by atoms with Crippen molar-refractivity contribution in [1.29, 1.82) is 0 Å². The van der Waals surface area contributed by atoms with Crippen LogP contribution in [0.25, 0.3) is 11.1 Å². The molecule has 4 heterocycles. The number of para-hydroxylation sites is 2. The van der Waals surface area contributed by atoms with Gasteiger partial charge in [0.15, 0.2) is 5.71 Å². The molecule has 20 nitrogen and oxygen atoms in total. The zero-order valence-electron chi connectivity index (χ0n) is 63.4. The van der Waals surface area contributed by atoms with Crippen LogP contribution >= 0.6 is 0 Å². The Morgan fingerprint density at radius 3 is 2.04 bits per heavy atom. The maximum absolute atomic E-state index is 15.3. The predicted octanol–water partition coefficient (Wildman–Crippen LogP) is 10.9. The van der Waals surface area contributed by atoms with E-state index in [1.807, 2.05) is 78.9 Å². The van der Waals surface area contributed by atoms with Crippen molar-refractivity contribution in [3.8, 4) is 11.1 Å². The van der Waals surface area contributed by atoms with Gasteiger partial charge in [0.2, 0.25) is 47.0 Å². The quantitative estimate of drug-likeness (QED) is 0.0135. The lowest BCUT2D eigenvalue weighted by Crippen LogP contribution is -2.58. The average Bonchev–Trinajstić information content (AvgIpc) is 1.60. The van der Waals surface area contributed by atoms with Crippen molar-refractivity contribution in [3.05, 3.63) is 239 Å². The molecular weight excluding hydrogens is 1360 g/mol. The molecule has 1 saturated heterocycles. The van der Waals surface area contributed by atoms with Crippen LogP contribution in [0.4, 0.5) is 11.4 Å². The Hall–Kier alpha value is -11.0. The molecule has 108 heavy (non-hydrogen) atoms. The van der Waals surface area contributed by atoms with Gasteiger partial charge in [-0.3, -0.25) is 43.2 Å². The van der Waals surface area contributed by atoms with E-state index in [2.05, 4.69) is 155 Å². The van der Waals surface area contributed by atoms with Crippen LogP contribution in [0.2, 0.25) is 0 Å². The van der Waals surface area contributed by atoms with Gasteiger partial charge in [-0.05, 0) is 123 Å². The summed E-state index contributed by atoms with van der Waals surface area (Å²) >= 11 is 0. The van der Waals surface area contributed by atoms with Crippen LogP contribution < -0.4 is 36.8 Å². The fourth-order valence-electron chi connectivity index (χ4n) is 15.3. The number of amides is 7. The van der Waals surface area contributed by atoms with E-state index >= 15 is 4.79 Å². The van der Waals surface area contributed by atoms with Gasteiger partial charge in [-0.25, -0.2) is 0 Å². The minimum atomic E-state index is -1.19. The SMILES string of the molecule is CCOC(=O)CC(CC(=O)OCC)c1ccc(-c2ccc(C[C@@H]3NC(=O)[C@]4(Cc5ccccc5)CCCN(C4)C(=O)/C=C/C(=O)NCC[C@@H](C(=O)NCCNC(=O)CCCCCN4\C(=C/C=C/C=C/C5=[N+](C)c6ccccc6C5(C)C)C(C)(C)c5ccccc54)NC(=O)Cc4ccccc4CNC3=O)cc2)cc1. The van der Waals surface area contributed by atoms with Crippen molar-refractivity contribution in [1.82, 2.24) is 36.8 Å². The minimum absolute atomic E-state index is 0.000161. The van der Waals surface area contributed by atoms with Crippen LogP contribution in [-0.2, 0) is 89.3 Å². The molecule has 4 aliphatic rings. The second kappa shape index (κ2) is 37.5. The number of anilines is 1. The molecule has 0 unspecified atom stereocenters. The first-order valence-electron chi connectivity index (χ1n) is 38.0. The Balaban J connectivity index is 0.772. The highest BCUT2D eigenvalue weighted by molar-refractivity contribution is 6.03. The lowest BCUT2D eigenvalue weighted by molar-refractivity contribution is -0.401. The Bertz CT molecular complexity index is 4370. The number of carbonyl (C=O) groups is 9. The first-order chi connectivity index (χ1) is 52.1. The molecule has 20 heteroatoms. The Kier molecular flexibility index (Phi) is 27.6. The van der Waals surface area contributed by atoms with Gasteiger partial charge in [-0.1, -0.05) is 178 Å². The Morgan fingerprint density at radius 1 is 0.667 bits per heavy atom. The van der Waals surface area contributed by atoms with Crippen LogP contribution in [0.1, 0.15) is 144 Å². The van der Waals surface area contributed by atoms with Crippen LogP contribution in [0.5, 0.6) is 0 Å². The van der Waals surface area contributed by atoms with Gasteiger partial charge in [-0.15, -0.1) is 0 Å². The third-order valence-electron chi connectivity index (χ3n) is 21.1. The van der Waals surface area contributed by atoms with Gasteiger partial charge in [0.05, 0.1) is 43.3 Å². The maximum atomic E-state index is 15.3. The van der Waals surface area contributed by atoms with Crippen LogP contribution in [0.3, 0.4) is 0 Å². The standard InChI is InChI=1S/C88H103N9O11/c1-8-107-81(102)56-68(57-82(103)108-9-2)65-43-41-64(42-44-65)63-39-37-61(38-40-63)54-72-84(105)92-59-67-29-19-18-28-66(67)55-79(100)93-71(47-49-89-78(99)45-46-80(101)96-52-25-48-88(60-96,85(106)94-72)58-62-26-13-10-14-27-62)83(104)91-51-50-90-77(98)36-17-12-24-53-97-74-33-23-21-31-70(74)87(5,6)76(97)35-16-11-15-34-75-86(3,4)69-30-20-22-32-73(69)95(75)7/h10-11,13-16,18-23,26-35,37-46,68,71-72H,8-9,12,17,24-25,36,47-60H2,1-7H3,(H5-,89,90,91,92,93,94,98,99,100,104,105,106)/p+1/b46-45+/t71-,72-,88-/m0/s1. The van der Waals surface area contributed by atoms with Gasteiger partial charge in [0.25, 0.3) is 0 Å². The summed E-state index contributed by atoms with van der Waals surface area (Å²) in [4.78, 5) is 128. The van der Waals surface area contributed by atoms with E-state index in [1.54, 1.807) is 43.0 Å². The highest BCUT2D eigenvalue weighted by Crippen LogP contribution is 2.48. The monoisotopic (exact) mass is 1460 g/mol. The largest absolute Gasteiger partial charge is 0.466 e. The molecule has 6 aromatic carbocycles. The molecule has 566 valence electrons. The number of hydrogen-bond donors (Lipinski definition) is 6. The molecule has 2 bridgehead atoms. The molecule has 0 radical (unpaired) electrons. The summed E-state index contributed by atoms with van der Waals surface area (Å²) in [7, 11) is 2.12. The third kappa shape index (κ3) is 20.6. The van der Waals surface area contributed by atoms with Crippen LogP contribution in [-0.4, -0.2) is 140 Å². The molecule has 1 fully saturated rings. The third-order valence-corrected chi connectivity index (χ3v) is 21.1. The second-order valence-corrected chi connectivity index (χ2v) is 29.4. The molecule has 6 aromatic rings. The van der Waals surface area contributed by atoms with Crippen molar-refractivity contribution >= 4 is 70.4 Å². The Morgan fingerprint density at radius 2 is 1.32 bits per heavy atom. The van der Waals surface area contributed by atoms with Crippen molar-refractivity contribution in [2.24, 2.45) is 5.41 Å². The maximum Gasteiger partial charge on any atom is 0.306 e.